The zero-order valence-electron chi connectivity index (χ0n) is 14.3. The molecule has 136 valence electrons. The molecule has 1 heterocycles. The number of carbonyl (C=O) groups excluding carboxylic acids is 1. The van der Waals surface area contributed by atoms with Gasteiger partial charge in [0, 0.05) is 13.1 Å². The Morgan fingerprint density at radius 3 is 2.38 bits per heavy atom. The van der Waals surface area contributed by atoms with E-state index in [2.05, 4.69) is 0 Å². The molecule has 1 aromatic carbocycles. The van der Waals surface area contributed by atoms with E-state index in [1.165, 1.54) is 12.1 Å². The van der Waals surface area contributed by atoms with Gasteiger partial charge in [0.15, 0.2) is 0 Å². The van der Waals surface area contributed by atoms with Gasteiger partial charge < -0.3 is 15.7 Å². The number of aliphatic hydroxyl groups excluding tert-OH is 1. The number of hydrogen-bond donors (Lipinski definition) is 2. The van der Waals surface area contributed by atoms with Gasteiger partial charge in [0.05, 0.1) is 12.1 Å². The van der Waals surface area contributed by atoms with Crippen LogP contribution in [-0.4, -0.2) is 35.0 Å². The van der Waals surface area contributed by atoms with Gasteiger partial charge in [-0.15, -0.1) is 12.4 Å². The summed E-state index contributed by atoms with van der Waals surface area (Å²) < 4.78 is 13.0. The Morgan fingerprint density at radius 2 is 1.88 bits per heavy atom. The van der Waals surface area contributed by atoms with Gasteiger partial charge in [0.1, 0.15) is 5.82 Å². The van der Waals surface area contributed by atoms with Crippen molar-refractivity contribution in [3.63, 3.8) is 0 Å². The predicted molar refractivity (Wildman–Crippen MR) is 95.3 cm³/mol. The van der Waals surface area contributed by atoms with E-state index in [4.69, 9.17) is 5.73 Å². The Balaban J connectivity index is 0.00000288. The topological polar surface area (TPSA) is 66.6 Å². The first kappa shape index (κ1) is 20.9. The summed E-state index contributed by atoms with van der Waals surface area (Å²) in [6.45, 7) is 5.26. The number of nitrogens with zero attached hydrogens (tertiary/aromatic N) is 1. The van der Waals surface area contributed by atoms with Crippen LogP contribution < -0.4 is 5.73 Å². The van der Waals surface area contributed by atoms with Gasteiger partial charge in [-0.1, -0.05) is 32.4 Å². The number of halogens is 2. The maximum Gasteiger partial charge on any atom is 0.239 e. The minimum absolute atomic E-state index is 0. The Morgan fingerprint density at radius 1 is 1.33 bits per heavy atom. The van der Waals surface area contributed by atoms with Crippen molar-refractivity contribution in [1.82, 2.24) is 4.90 Å². The van der Waals surface area contributed by atoms with E-state index in [-0.39, 0.29) is 36.0 Å². The zero-order chi connectivity index (χ0) is 17.0. The lowest BCUT2D eigenvalue weighted by atomic mass is 9.87. The normalized spacial score (nSPS) is 19.3. The first-order valence-corrected chi connectivity index (χ1v) is 8.42. The van der Waals surface area contributed by atoms with E-state index in [9.17, 15) is 14.3 Å². The summed E-state index contributed by atoms with van der Waals surface area (Å²) in [5.41, 5.74) is 6.75. The number of nitrogens with two attached hydrogens (primary N) is 1. The molecule has 0 saturated carbocycles. The van der Waals surface area contributed by atoms with Gasteiger partial charge in [-0.25, -0.2) is 4.39 Å². The molecule has 3 unspecified atom stereocenters. The molecule has 0 aliphatic carbocycles. The second-order valence-corrected chi connectivity index (χ2v) is 6.57. The molecule has 3 atom stereocenters. The third-order valence-electron chi connectivity index (χ3n) is 5.05. The molecule has 4 nitrogen and oxygen atoms in total. The fourth-order valence-corrected chi connectivity index (χ4v) is 3.08. The summed E-state index contributed by atoms with van der Waals surface area (Å²) in [4.78, 5) is 14.2. The van der Waals surface area contributed by atoms with Crippen LogP contribution in [0.15, 0.2) is 24.3 Å². The summed E-state index contributed by atoms with van der Waals surface area (Å²) in [6, 6.07) is 5.52. The monoisotopic (exact) mass is 358 g/mol. The summed E-state index contributed by atoms with van der Waals surface area (Å²) >= 11 is 0. The molecular weight excluding hydrogens is 331 g/mol. The van der Waals surface area contributed by atoms with E-state index in [1.54, 1.807) is 12.1 Å². The van der Waals surface area contributed by atoms with E-state index in [0.717, 1.165) is 24.8 Å². The smallest absolute Gasteiger partial charge is 0.239 e. The Labute approximate surface area is 149 Å². The van der Waals surface area contributed by atoms with Crippen molar-refractivity contribution in [3.05, 3.63) is 35.6 Å². The second-order valence-electron chi connectivity index (χ2n) is 6.57. The van der Waals surface area contributed by atoms with Crippen molar-refractivity contribution in [3.8, 4) is 0 Å². The highest BCUT2D eigenvalue weighted by Gasteiger charge is 2.31. The molecule has 0 radical (unpaired) electrons. The number of amides is 1. The van der Waals surface area contributed by atoms with Crippen molar-refractivity contribution in [1.29, 1.82) is 0 Å². The summed E-state index contributed by atoms with van der Waals surface area (Å²) in [6.07, 6.45) is 1.73. The van der Waals surface area contributed by atoms with Gasteiger partial charge in [-0.2, -0.15) is 0 Å². The molecule has 24 heavy (non-hydrogen) atoms. The number of carbonyl (C=O) groups is 1. The molecule has 6 heteroatoms. The molecular formula is C18H28ClFN2O2. The molecule has 1 aliphatic rings. The lowest BCUT2D eigenvalue weighted by molar-refractivity contribution is -0.135. The molecule has 1 aliphatic heterocycles. The van der Waals surface area contributed by atoms with Crippen molar-refractivity contribution < 1.29 is 14.3 Å². The van der Waals surface area contributed by atoms with Crippen molar-refractivity contribution in [2.75, 3.05) is 13.1 Å². The van der Waals surface area contributed by atoms with E-state index in [0.29, 0.717) is 13.1 Å². The van der Waals surface area contributed by atoms with Gasteiger partial charge >= 0.3 is 0 Å². The first-order chi connectivity index (χ1) is 10.9. The van der Waals surface area contributed by atoms with Crippen molar-refractivity contribution >= 4 is 18.3 Å². The van der Waals surface area contributed by atoms with Crippen LogP contribution in [0.2, 0.25) is 0 Å². The van der Waals surface area contributed by atoms with E-state index >= 15 is 0 Å². The second kappa shape index (κ2) is 9.35. The summed E-state index contributed by atoms with van der Waals surface area (Å²) in [5, 5.41) is 10.4. The summed E-state index contributed by atoms with van der Waals surface area (Å²) in [7, 11) is 0. The van der Waals surface area contributed by atoms with Crippen LogP contribution in [0, 0.1) is 17.7 Å². The minimum atomic E-state index is -0.615. The molecule has 0 spiro atoms. The number of likely N-dealkylation sites (tertiary alicyclic amines) is 1. The highest BCUT2D eigenvalue weighted by atomic mass is 35.5. The third kappa shape index (κ3) is 4.91. The highest BCUT2D eigenvalue weighted by molar-refractivity contribution is 5.85. The lowest BCUT2D eigenvalue weighted by Crippen LogP contribution is -2.50. The predicted octanol–water partition coefficient (Wildman–Crippen LogP) is 2.89. The molecule has 0 aromatic heterocycles. The van der Waals surface area contributed by atoms with Crippen LogP contribution in [0.5, 0.6) is 0 Å². The highest BCUT2D eigenvalue weighted by Crippen LogP contribution is 2.31. The maximum absolute atomic E-state index is 13.0. The Kier molecular flexibility index (Phi) is 8.13. The van der Waals surface area contributed by atoms with Gasteiger partial charge in [0.2, 0.25) is 5.91 Å². The molecule has 1 aromatic rings. The molecule has 1 fully saturated rings. The van der Waals surface area contributed by atoms with Gasteiger partial charge in [-0.05, 0) is 42.4 Å². The number of piperidine rings is 1. The lowest BCUT2D eigenvalue weighted by Gasteiger charge is -2.36. The molecule has 3 N–H and O–H groups in total. The van der Waals surface area contributed by atoms with E-state index in [1.807, 2.05) is 18.7 Å². The van der Waals surface area contributed by atoms with E-state index < -0.39 is 12.1 Å². The average Bonchev–Trinajstić information content (AvgIpc) is 2.60. The average molecular weight is 359 g/mol. The van der Waals surface area contributed by atoms with Gasteiger partial charge in [-0.3, -0.25) is 4.79 Å². The van der Waals surface area contributed by atoms with Crippen molar-refractivity contribution in [2.45, 2.75) is 45.3 Å². The van der Waals surface area contributed by atoms with Crippen LogP contribution in [0.1, 0.15) is 44.8 Å². The third-order valence-corrected chi connectivity index (χ3v) is 5.05. The molecule has 2 rings (SSSR count). The maximum atomic E-state index is 13.0. The fraction of sp³-hybridized carbons (Fsp3) is 0.611. The van der Waals surface area contributed by atoms with Crippen molar-refractivity contribution in [2.24, 2.45) is 17.6 Å². The quantitative estimate of drug-likeness (QED) is 0.850. The largest absolute Gasteiger partial charge is 0.388 e. The number of benzene rings is 1. The molecule has 1 amide bonds. The Hall–Kier alpha value is -1.17. The van der Waals surface area contributed by atoms with Crippen LogP contribution in [0.25, 0.3) is 0 Å². The van der Waals surface area contributed by atoms with Crippen LogP contribution in [0.3, 0.4) is 0 Å². The first-order valence-electron chi connectivity index (χ1n) is 8.42. The zero-order valence-corrected chi connectivity index (χ0v) is 15.1. The number of rotatable bonds is 5. The fourth-order valence-electron chi connectivity index (χ4n) is 3.08. The number of hydrogen-bond acceptors (Lipinski definition) is 3. The number of aliphatic hydroxyl groups is 1. The van der Waals surface area contributed by atoms with Gasteiger partial charge in [0.25, 0.3) is 0 Å². The van der Waals surface area contributed by atoms with Crippen LogP contribution >= 0.6 is 12.4 Å². The minimum Gasteiger partial charge on any atom is -0.388 e. The van der Waals surface area contributed by atoms with Crippen LogP contribution in [0.4, 0.5) is 4.39 Å². The molecule has 0 bridgehead atoms. The summed E-state index contributed by atoms with van der Waals surface area (Å²) in [5.74, 6) is -0.0381. The standard InChI is InChI=1S/C18H27FN2O2.ClH/c1-3-12(2)16(20)18(23)21-10-8-14(9-11-21)17(22)13-4-6-15(19)7-5-13;/h4-7,12,14,16-17,22H,3,8-11,20H2,1-2H3;1H. The molecule has 1 saturated heterocycles. The van der Waals surface area contributed by atoms with Crippen LogP contribution in [-0.2, 0) is 4.79 Å². The SMILES string of the molecule is CCC(C)C(N)C(=O)N1CCC(C(O)c2ccc(F)cc2)CC1.Cl. The Bertz CT molecular complexity index is 518.